The van der Waals surface area contributed by atoms with Crippen molar-refractivity contribution >= 4 is 42.5 Å². The number of halogens is 4. The lowest BCUT2D eigenvalue weighted by Gasteiger charge is -2.18. The van der Waals surface area contributed by atoms with Crippen LogP contribution >= 0.6 is 42.5 Å². The van der Waals surface area contributed by atoms with Crippen LogP contribution in [0.2, 0.25) is 0 Å². The summed E-state index contributed by atoms with van der Waals surface area (Å²) in [6, 6.07) is 0. The van der Waals surface area contributed by atoms with Gasteiger partial charge < -0.3 is 0 Å². The van der Waals surface area contributed by atoms with Crippen molar-refractivity contribution in [1.29, 1.82) is 0 Å². The van der Waals surface area contributed by atoms with Gasteiger partial charge in [-0.05, 0) is 13.8 Å². The van der Waals surface area contributed by atoms with Crippen LogP contribution in [0.3, 0.4) is 0 Å². The first kappa shape index (κ1) is 12.0. The summed E-state index contributed by atoms with van der Waals surface area (Å²) in [5, 5.41) is 0. The third-order valence-electron chi connectivity index (χ3n) is 0.649. The Morgan fingerprint density at radius 1 is 1.45 bits per heavy atom. The summed E-state index contributed by atoms with van der Waals surface area (Å²) in [6.07, 6.45) is -0.582. The van der Waals surface area contributed by atoms with Crippen LogP contribution in [-0.2, 0) is 9.09 Å². The molecule has 0 radical (unpaired) electrons. The van der Waals surface area contributed by atoms with Gasteiger partial charge in [-0.1, -0.05) is 34.8 Å². The van der Waals surface area contributed by atoms with Gasteiger partial charge in [0.1, 0.15) is 0 Å². The van der Waals surface area contributed by atoms with E-state index in [1.54, 1.807) is 0 Å². The van der Waals surface area contributed by atoms with Crippen LogP contribution in [0.1, 0.15) is 13.8 Å². The first-order valence-corrected chi connectivity index (χ1v) is 5.36. The highest BCUT2D eigenvalue weighted by atomic mass is 35.6. The van der Waals surface area contributed by atoms with Crippen LogP contribution < -0.4 is 0 Å². The molecule has 0 aromatic rings. The molecule has 0 aromatic carbocycles. The smallest absolute Gasteiger partial charge is 0.300 e. The quantitative estimate of drug-likeness (QED) is 0.543. The Hall–Kier alpha value is 0.990. The average molecular weight is 243 g/mol. The monoisotopic (exact) mass is 242 g/mol. The van der Waals surface area contributed by atoms with Crippen molar-refractivity contribution in [3.05, 3.63) is 0 Å². The molecule has 0 aromatic heterocycles. The highest BCUT2D eigenvalue weighted by molar-refractivity contribution is 7.62. The molecule has 2 nitrogen and oxygen atoms in total. The Morgan fingerprint density at radius 2 is 1.82 bits per heavy atom. The Labute approximate surface area is 79.5 Å². The van der Waals surface area contributed by atoms with Crippen molar-refractivity contribution in [3.63, 3.8) is 0 Å². The second-order valence-electron chi connectivity index (χ2n) is 2.10. The van der Waals surface area contributed by atoms with Gasteiger partial charge in [0.25, 0.3) is 3.53 Å². The summed E-state index contributed by atoms with van der Waals surface area (Å²) in [6.45, 7) is 2.98. The predicted octanol–water partition coefficient (Wildman–Crippen LogP) is 3.90. The second-order valence-corrected chi connectivity index (χ2v) is 7.01. The minimum Gasteiger partial charge on any atom is -0.300 e. The molecule has 0 heterocycles. The normalized spacial score (nSPS) is 18.5. The molecule has 0 spiro atoms. The van der Waals surface area contributed by atoms with Crippen molar-refractivity contribution in [2.75, 3.05) is 0 Å². The molecule has 0 rings (SSSR count). The molecule has 7 heteroatoms. The molecule has 1 unspecified atom stereocenters. The fraction of sp³-hybridized carbons (Fsp3) is 1.00. The molecule has 0 saturated carbocycles. The van der Waals surface area contributed by atoms with E-state index in [1.165, 1.54) is 13.8 Å². The molecular weight excluding hydrogens is 236 g/mol. The lowest BCUT2D eigenvalue weighted by atomic mass is 10.5. The lowest BCUT2D eigenvalue weighted by molar-refractivity contribution is 0.223. The van der Waals surface area contributed by atoms with Crippen molar-refractivity contribution in [3.8, 4) is 0 Å². The van der Waals surface area contributed by atoms with Gasteiger partial charge in [-0.2, -0.15) is 4.20 Å². The zero-order chi connectivity index (χ0) is 9.28. The van der Waals surface area contributed by atoms with Gasteiger partial charge in [-0.3, -0.25) is 9.09 Å². The summed E-state index contributed by atoms with van der Waals surface area (Å²) in [7, 11) is -4.64. The SMILES string of the molecule is CC(C)OP(=O)(F)C(Cl)(Cl)Cl. The van der Waals surface area contributed by atoms with Crippen LogP contribution in [-0.4, -0.2) is 9.64 Å². The minimum atomic E-state index is -4.64. The topological polar surface area (TPSA) is 26.3 Å². The van der Waals surface area contributed by atoms with Crippen LogP contribution in [0.4, 0.5) is 4.20 Å². The van der Waals surface area contributed by atoms with Crippen LogP contribution in [0.5, 0.6) is 0 Å². The third-order valence-corrected chi connectivity index (χ3v) is 3.76. The van der Waals surface area contributed by atoms with Gasteiger partial charge in [0.15, 0.2) is 0 Å². The van der Waals surface area contributed by atoms with E-state index in [1.807, 2.05) is 0 Å². The van der Waals surface area contributed by atoms with Crippen molar-refractivity contribution < 1.29 is 13.3 Å². The third kappa shape index (κ3) is 3.95. The van der Waals surface area contributed by atoms with E-state index in [2.05, 4.69) is 4.52 Å². The molecule has 0 fully saturated rings. The Balaban J connectivity index is 4.36. The molecular formula is C4H7Cl3FO2P. The molecule has 0 amide bonds. The molecule has 0 N–H and O–H groups in total. The fourth-order valence-corrected chi connectivity index (χ4v) is 1.35. The van der Waals surface area contributed by atoms with Crippen molar-refractivity contribution in [2.45, 2.75) is 23.5 Å². The predicted molar refractivity (Wildman–Crippen MR) is 45.2 cm³/mol. The van der Waals surface area contributed by atoms with Gasteiger partial charge in [0.05, 0.1) is 6.10 Å². The molecule has 1 atom stereocenters. The lowest BCUT2D eigenvalue weighted by Crippen LogP contribution is -2.08. The van der Waals surface area contributed by atoms with Gasteiger partial charge >= 0.3 is 7.68 Å². The standard InChI is InChI=1S/C4H7Cl3FO2P/c1-3(2)10-11(8,9)4(5,6)7/h3H,1-2H3. The van der Waals surface area contributed by atoms with E-state index in [9.17, 15) is 8.76 Å². The largest absolute Gasteiger partial charge is 0.417 e. The second kappa shape index (κ2) is 3.80. The van der Waals surface area contributed by atoms with Crippen LogP contribution in [0.25, 0.3) is 0 Å². The summed E-state index contributed by atoms with van der Waals surface area (Å²) < 4.78 is 25.4. The van der Waals surface area contributed by atoms with Gasteiger partial charge in [0.2, 0.25) is 0 Å². The summed E-state index contributed by atoms with van der Waals surface area (Å²) >= 11 is 15.1. The molecule has 11 heavy (non-hydrogen) atoms. The fourth-order valence-electron chi connectivity index (χ4n) is 0.331. The molecule has 0 aliphatic heterocycles. The van der Waals surface area contributed by atoms with E-state index in [0.29, 0.717) is 0 Å². The Morgan fingerprint density at radius 3 is 1.91 bits per heavy atom. The molecule has 68 valence electrons. The zero-order valence-electron chi connectivity index (χ0n) is 5.85. The number of rotatable bonds is 2. The highest BCUT2D eigenvalue weighted by Gasteiger charge is 2.47. The summed E-state index contributed by atoms with van der Waals surface area (Å²) in [5.74, 6) is 0. The number of alkyl halides is 3. The first-order chi connectivity index (χ1) is 4.67. The van der Waals surface area contributed by atoms with E-state index in [4.69, 9.17) is 34.8 Å². The van der Waals surface area contributed by atoms with Gasteiger partial charge in [0, 0.05) is 0 Å². The molecule has 0 aliphatic rings. The Kier molecular flexibility index (Phi) is 4.14. The number of hydrogen-bond donors (Lipinski definition) is 0. The number of hydrogen-bond acceptors (Lipinski definition) is 2. The first-order valence-electron chi connectivity index (χ1n) is 2.72. The maximum atomic E-state index is 12.8. The van der Waals surface area contributed by atoms with E-state index < -0.39 is 17.3 Å². The van der Waals surface area contributed by atoms with E-state index in [0.717, 1.165) is 0 Å². The van der Waals surface area contributed by atoms with Crippen LogP contribution in [0.15, 0.2) is 0 Å². The van der Waals surface area contributed by atoms with Gasteiger partial charge in [-0.25, -0.2) is 0 Å². The average Bonchev–Trinajstić information content (AvgIpc) is 1.56. The molecule has 0 saturated heterocycles. The molecule has 0 aliphatic carbocycles. The van der Waals surface area contributed by atoms with Crippen molar-refractivity contribution in [2.24, 2.45) is 0 Å². The van der Waals surface area contributed by atoms with E-state index >= 15 is 0 Å². The molecule has 0 bridgehead atoms. The van der Waals surface area contributed by atoms with E-state index in [-0.39, 0.29) is 0 Å². The summed E-state index contributed by atoms with van der Waals surface area (Å²) in [5.41, 5.74) is 0. The van der Waals surface area contributed by atoms with Gasteiger partial charge in [-0.15, -0.1) is 0 Å². The maximum absolute atomic E-state index is 12.8. The van der Waals surface area contributed by atoms with Crippen molar-refractivity contribution in [1.82, 2.24) is 0 Å². The minimum absolute atomic E-state index is 0.582. The Bertz CT molecular complexity index is 179. The zero-order valence-corrected chi connectivity index (χ0v) is 9.02. The maximum Gasteiger partial charge on any atom is 0.417 e. The highest BCUT2D eigenvalue weighted by Crippen LogP contribution is 2.67. The van der Waals surface area contributed by atoms with Crippen LogP contribution in [0, 0.1) is 0 Å². The summed E-state index contributed by atoms with van der Waals surface area (Å²) in [4.78, 5) is 0.